The lowest BCUT2D eigenvalue weighted by molar-refractivity contribution is -0.325. The van der Waals surface area contributed by atoms with Crippen molar-refractivity contribution in [1.82, 2.24) is 9.80 Å². The molecule has 0 aromatic heterocycles. The molecule has 0 radical (unpaired) electrons. The van der Waals surface area contributed by atoms with E-state index in [1.807, 2.05) is 11.8 Å². The molecule has 0 bridgehead atoms. The largest absolute Gasteiger partial charge is 0.522 e. The van der Waals surface area contributed by atoms with E-state index in [-0.39, 0.29) is 19.2 Å². The number of ether oxygens (including phenoxy) is 1. The summed E-state index contributed by atoms with van der Waals surface area (Å²) < 4.78 is 39.3. The highest BCUT2D eigenvalue weighted by Gasteiger charge is 2.29. The first-order chi connectivity index (χ1) is 8.83. The number of halogens is 3. The van der Waals surface area contributed by atoms with Crippen LogP contribution < -0.4 is 5.73 Å². The highest BCUT2D eigenvalue weighted by molar-refractivity contribution is 7.80. The monoisotopic (exact) mass is 299 g/mol. The van der Waals surface area contributed by atoms with Crippen molar-refractivity contribution in [2.24, 2.45) is 5.73 Å². The van der Waals surface area contributed by atoms with Crippen molar-refractivity contribution in [2.75, 3.05) is 39.3 Å². The summed E-state index contributed by atoms with van der Waals surface area (Å²) in [6.45, 7) is 4.94. The second-order valence-corrected chi connectivity index (χ2v) is 4.97. The molecule has 0 spiro atoms. The van der Waals surface area contributed by atoms with Crippen LogP contribution in [0.4, 0.5) is 13.2 Å². The minimum absolute atomic E-state index is 0.0866. The Morgan fingerprint density at radius 3 is 2.32 bits per heavy atom. The average molecular weight is 299 g/mol. The number of nitrogens with two attached hydrogens (primary N) is 1. The van der Waals surface area contributed by atoms with E-state index in [9.17, 15) is 13.2 Å². The third kappa shape index (κ3) is 6.03. The van der Waals surface area contributed by atoms with Crippen molar-refractivity contribution in [1.29, 1.82) is 0 Å². The lowest BCUT2D eigenvalue weighted by atomic mass is 10.1. The number of rotatable bonds is 6. The van der Waals surface area contributed by atoms with Crippen molar-refractivity contribution in [3.05, 3.63) is 0 Å². The molecule has 2 N–H and O–H groups in total. The Kier molecular flexibility index (Phi) is 6.45. The SMILES string of the molecule is CCC(C(N)=S)N1CCN(CCOC(F)(F)F)CC1. The summed E-state index contributed by atoms with van der Waals surface area (Å²) in [5.41, 5.74) is 5.67. The fourth-order valence-electron chi connectivity index (χ4n) is 2.23. The lowest BCUT2D eigenvalue weighted by Gasteiger charge is -2.38. The molecule has 1 saturated heterocycles. The van der Waals surface area contributed by atoms with Crippen LogP contribution in [-0.2, 0) is 4.74 Å². The number of hydrogen-bond donors (Lipinski definition) is 1. The molecule has 1 unspecified atom stereocenters. The molecule has 1 aliphatic rings. The lowest BCUT2D eigenvalue weighted by Crippen LogP contribution is -2.54. The van der Waals surface area contributed by atoms with Crippen LogP contribution in [0.5, 0.6) is 0 Å². The Labute approximate surface area is 116 Å². The van der Waals surface area contributed by atoms with Gasteiger partial charge >= 0.3 is 6.36 Å². The Hall–Kier alpha value is -0.440. The highest BCUT2D eigenvalue weighted by Crippen LogP contribution is 2.16. The third-order valence-electron chi connectivity index (χ3n) is 3.24. The van der Waals surface area contributed by atoms with Crippen molar-refractivity contribution in [3.8, 4) is 0 Å². The van der Waals surface area contributed by atoms with Crippen LogP contribution in [0.3, 0.4) is 0 Å². The molecule has 0 aliphatic carbocycles. The van der Waals surface area contributed by atoms with Crippen LogP contribution in [0.15, 0.2) is 0 Å². The van der Waals surface area contributed by atoms with E-state index in [1.54, 1.807) is 0 Å². The first kappa shape index (κ1) is 16.6. The molecule has 4 nitrogen and oxygen atoms in total. The molecule has 0 amide bonds. The van der Waals surface area contributed by atoms with Gasteiger partial charge in [-0.15, -0.1) is 13.2 Å². The molecule has 1 rings (SSSR count). The fraction of sp³-hybridized carbons (Fsp3) is 0.909. The van der Waals surface area contributed by atoms with Gasteiger partial charge in [0.25, 0.3) is 0 Å². The van der Waals surface area contributed by atoms with Crippen molar-refractivity contribution in [3.63, 3.8) is 0 Å². The number of nitrogens with zero attached hydrogens (tertiary/aromatic N) is 2. The minimum atomic E-state index is -4.54. The Balaban J connectivity index is 2.27. The summed E-state index contributed by atoms with van der Waals surface area (Å²) in [4.78, 5) is 4.62. The molecule has 1 heterocycles. The second-order valence-electron chi connectivity index (χ2n) is 4.50. The van der Waals surface area contributed by atoms with Gasteiger partial charge in [0.1, 0.15) is 0 Å². The topological polar surface area (TPSA) is 41.7 Å². The van der Waals surface area contributed by atoms with Gasteiger partial charge in [0, 0.05) is 32.7 Å². The zero-order valence-electron chi connectivity index (χ0n) is 10.9. The van der Waals surface area contributed by atoms with Crippen LogP contribution in [0.1, 0.15) is 13.3 Å². The minimum Gasteiger partial charge on any atom is -0.392 e. The molecule has 1 atom stereocenters. The summed E-state index contributed by atoms with van der Waals surface area (Å²) in [5.74, 6) is 0. The summed E-state index contributed by atoms with van der Waals surface area (Å²) in [6, 6.07) is 0.0866. The molecule has 19 heavy (non-hydrogen) atoms. The van der Waals surface area contributed by atoms with Crippen molar-refractivity contribution < 1.29 is 17.9 Å². The van der Waals surface area contributed by atoms with E-state index >= 15 is 0 Å². The zero-order valence-corrected chi connectivity index (χ0v) is 11.8. The molecular weight excluding hydrogens is 279 g/mol. The third-order valence-corrected chi connectivity index (χ3v) is 3.51. The molecule has 112 valence electrons. The van der Waals surface area contributed by atoms with Gasteiger partial charge in [-0.2, -0.15) is 0 Å². The van der Waals surface area contributed by atoms with Crippen molar-refractivity contribution >= 4 is 17.2 Å². The molecule has 8 heteroatoms. The van der Waals surface area contributed by atoms with E-state index in [2.05, 4.69) is 9.64 Å². The van der Waals surface area contributed by atoms with Gasteiger partial charge in [0.2, 0.25) is 0 Å². The maximum atomic E-state index is 11.8. The summed E-state index contributed by atoms with van der Waals surface area (Å²) in [6.07, 6.45) is -3.69. The fourth-order valence-corrected chi connectivity index (χ4v) is 2.54. The molecule has 1 fully saturated rings. The molecule has 0 aromatic carbocycles. The summed E-state index contributed by atoms with van der Waals surface area (Å²) in [7, 11) is 0. The van der Waals surface area contributed by atoms with E-state index in [4.69, 9.17) is 18.0 Å². The Morgan fingerprint density at radius 2 is 1.89 bits per heavy atom. The maximum absolute atomic E-state index is 11.8. The van der Waals surface area contributed by atoms with E-state index in [0.717, 1.165) is 19.5 Å². The normalized spacial score (nSPS) is 20.4. The van der Waals surface area contributed by atoms with Gasteiger partial charge in [-0.25, -0.2) is 0 Å². The molecular formula is C11H20F3N3OS. The molecule has 1 aliphatic heterocycles. The number of alkyl halides is 3. The number of hydrogen-bond acceptors (Lipinski definition) is 4. The summed E-state index contributed by atoms with van der Waals surface area (Å²) in [5, 5.41) is 0. The van der Waals surface area contributed by atoms with Crippen LogP contribution >= 0.6 is 12.2 Å². The predicted molar refractivity (Wildman–Crippen MR) is 70.9 cm³/mol. The van der Waals surface area contributed by atoms with Crippen LogP contribution in [0, 0.1) is 0 Å². The van der Waals surface area contributed by atoms with E-state index in [0.29, 0.717) is 18.1 Å². The highest BCUT2D eigenvalue weighted by atomic mass is 32.1. The van der Waals surface area contributed by atoms with Gasteiger partial charge in [-0.3, -0.25) is 14.5 Å². The van der Waals surface area contributed by atoms with Crippen LogP contribution in [-0.4, -0.2) is 66.5 Å². The Morgan fingerprint density at radius 1 is 1.32 bits per heavy atom. The predicted octanol–water partition coefficient (Wildman–Crippen LogP) is 1.21. The zero-order chi connectivity index (χ0) is 14.5. The Bertz CT molecular complexity index is 293. The second kappa shape index (κ2) is 7.37. The van der Waals surface area contributed by atoms with Gasteiger partial charge in [0.15, 0.2) is 0 Å². The van der Waals surface area contributed by atoms with E-state index in [1.165, 1.54) is 0 Å². The standard InChI is InChI=1S/C11H20F3N3OS/c1-2-9(10(15)19)17-5-3-16(4-6-17)7-8-18-11(12,13)14/h9H,2-8H2,1H3,(H2,15,19). The molecule has 0 saturated carbocycles. The first-order valence-corrected chi connectivity index (χ1v) is 6.70. The van der Waals surface area contributed by atoms with Crippen LogP contribution in [0.25, 0.3) is 0 Å². The molecule has 0 aromatic rings. The maximum Gasteiger partial charge on any atom is 0.522 e. The van der Waals surface area contributed by atoms with E-state index < -0.39 is 6.36 Å². The quantitative estimate of drug-likeness (QED) is 0.747. The first-order valence-electron chi connectivity index (χ1n) is 6.30. The van der Waals surface area contributed by atoms with Gasteiger partial charge in [-0.1, -0.05) is 19.1 Å². The number of thiocarbonyl (C=S) groups is 1. The summed E-state index contributed by atoms with van der Waals surface area (Å²) >= 11 is 5.01. The average Bonchev–Trinajstić information content (AvgIpc) is 2.30. The van der Waals surface area contributed by atoms with Gasteiger partial charge in [0.05, 0.1) is 17.6 Å². The van der Waals surface area contributed by atoms with Crippen molar-refractivity contribution in [2.45, 2.75) is 25.7 Å². The number of piperazine rings is 1. The van der Waals surface area contributed by atoms with Crippen LogP contribution in [0.2, 0.25) is 0 Å². The van der Waals surface area contributed by atoms with Gasteiger partial charge in [-0.05, 0) is 6.42 Å². The smallest absolute Gasteiger partial charge is 0.392 e. The van der Waals surface area contributed by atoms with Gasteiger partial charge < -0.3 is 5.73 Å².